The lowest BCUT2D eigenvalue weighted by molar-refractivity contribution is 0.0949. The van der Waals surface area contributed by atoms with Gasteiger partial charge in [0.2, 0.25) is 0 Å². The molecule has 0 fully saturated rings. The van der Waals surface area contributed by atoms with Gasteiger partial charge >= 0.3 is 0 Å². The summed E-state index contributed by atoms with van der Waals surface area (Å²) in [5.74, 6) is 1.07. The number of fused-ring (bicyclic) bond motifs is 1. The van der Waals surface area contributed by atoms with Crippen LogP contribution in [0.3, 0.4) is 0 Å². The Balaban J connectivity index is 1.49. The van der Waals surface area contributed by atoms with Gasteiger partial charge in [-0.05, 0) is 53.0 Å². The second-order valence-corrected chi connectivity index (χ2v) is 7.86. The van der Waals surface area contributed by atoms with Crippen LogP contribution >= 0.6 is 15.9 Å². The number of carbonyl (C=O) groups is 1. The van der Waals surface area contributed by atoms with Crippen molar-refractivity contribution in [1.82, 2.24) is 29.7 Å². The first-order valence-electron chi connectivity index (χ1n) is 10.1. The van der Waals surface area contributed by atoms with Gasteiger partial charge in [0.1, 0.15) is 5.69 Å². The Labute approximate surface area is 193 Å². The summed E-state index contributed by atoms with van der Waals surface area (Å²) in [5, 5.41) is 12.0. The summed E-state index contributed by atoms with van der Waals surface area (Å²) in [6.07, 6.45) is 4.24. The number of hydrogen-bond acceptors (Lipinski definition) is 6. The summed E-state index contributed by atoms with van der Waals surface area (Å²) in [5.41, 5.74) is 3.38. The Morgan fingerprint density at radius 1 is 1.12 bits per heavy atom. The highest BCUT2D eigenvalue weighted by Crippen LogP contribution is 2.28. The molecule has 32 heavy (non-hydrogen) atoms. The molecule has 1 amide bonds. The molecule has 0 bridgehead atoms. The van der Waals surface area contributed by atoms with Crippen LogP contribution in [0.2, 0.25) is 0 Å². The number of methoxy groups -OCH3 is 2. The molecular weight excluding hydrogens is 476 g/mol. The lowest BCUT2D eigenvalue weighted by Gasteiger charge is -2.09. The van der Waals surface area contributed by atoms with Crippen LogP contribution in [0, 0.1) is 0 Å². The van der Waals surface area contributed by atoms with E-state index in [1.165, 1.54) is 0 Å². The summed E-state index contributed by atoms with van der Waals surface area (Å²) in [7, 11) is 3.20. The maximum atomic E-state index is 12.7. The molecule has 9 nitrogen and oxygen atoms in total. The van der Waals surface area contributed by atoms with Crippen molar-refractivity contribution in [2.24, 2.45) is 0 Å². The van der Waals surface area contributed by atoms with Gasteiger partial charge in [0, 0.05) is 31.5 Å². The van der Waals surface area contributed by atoms with Gasteiger partial charge < -0.3 is 14.8 Å². The lowest BCUT2D eigenvalue weighted by Crippen LogP contribution is -2.26. The van der Waals surface area contributed by atoms with Crippen molar-refractivity contribution in [2.45, 2.75) is 19.9 Å². The highest BCUT2D eigenvalue weighted by atomic mass is 79.9. The van der Waals surface area contributed by atoms with Crippen LogP contribution < -0.4 is 14.8 Å². The van der Waals surface area contributed by atoms with E-state index in [1.54, 1.807) is 31.0 Å². The predicted molar refractivity (Wildman–Crippen MR) is 123 cm³/mol. The maximum Gasteiger partial charge on any atom is 0.271 e. The second kappa shape index (κ2) is 9.39. The monoisotopic (exact) mass is 498 g/mol. The van der Waals surface area contributed by atoms with E-state index >= 15 is 0 Å². The van der Waals surface area contributed by atoms with E-state index < -0.39 is 0 Å². The Bertz CT molecular complexity index is 1270. The number of nitrogens with zero attached hydrogens (tertiary/aromatic N) is 5. The third-order valence-corrected chi connectivity index (χ3v) is 5.60. The third-order valence-electron chi connectivity index (χ3n) is 5.02. The van der Waals surface area contributed by atoms with E-state index in [0.717, 1.165) is 28.0 Å². The molecule has 1 N–H and O–H groups in total. The third kappa shape index (κ3) is 4.31. The number of halogens is 1. The van der Waals surface area contributed by atoms with Gasteiger partial charge in [-0.25, -0.2) is 9.50 Å². The van der Waals surface area contributed by atoms with E-state index in [1.807, 2.05) is 42.1 Å². The van der Waals surface area contributed by atoms with E-state index in [2.05, 4.69) is 36.4 Å². The molecule has 4 aromatic rings. The minimum absolute atomic E-state index is 0.264. The Kier molecular flexibility index (Phi) is 6.40. The fourth-order valence-electron chi connectivity index (χ4n) is 3.37. The standard InChI is InChI=1S/C22H23BrN6O3/c1-4-28-13-15(23)21(27-28)17-8-10-24-20-12-16(26-29(17)20)22(30)25-9-7-14-5-6-18(31-2)19(11-14)32-3/h5-6,8,10-13H,4,7,9H2,1-3H3,(H,25,30). The summed E-state index contributed by atoms with van der Waals surface area (Å²) in [6, 6.07) is 9.19. The van der Waals surface area contributed by atoms with Crippen molar-refractivity contribution in [3.8, 4) is 22.9 Å². The first-order chi connectivity index (χ1) is 15.5. The zero-order valence-corrected chi connectivity index (χ0v) is 19.6. The van der Waals surface area contributed by atoms with Crippen LogP contribution in [-0.2, 0) is 13.0 Å². The van der Waals surface area contributed by atoms with Gasteiger partial charge in [-0.3, -0.25) is 9.48 Å². The minimum Gasteiger partial charge on any atom is -0.493 e. The van der Waals surface area contributed by atoms with Gasteiger partial charge in [-0.15, -0.1) is 0 Å². The van der Waals surface area contributed by atoms with Crippen molar-refractivity contribution in [1.29, 1.82) is 0 Å². The predicted octanol–water partition coefficient (Wildman–Crippen LogP) is 3.36. The molecule has 0 radical (unpaired) electrons. The van der Waals surface area contributed by atoms with Crippen molar-refractivity contribution >= 4 is 27.5 Å². The molecule has 3 heterocycles. The molecular formula is C22H23BrN6O3. The molecule has 3 aromatic heterocycles. The molecule has 0 saturated heterocycles. The van der Waals surface area contributed by atoms with Gasteiger partial charge in [0.05, 0.1) is 24.4 Å². The highest BCUT2D eigenvalue weighted by Gasteiger charge is 2.17. The molecule has 10 heteroatoms. The van der Waals surface area contributed by atoms with E-state index in [-0.39, 0.29) is 5.91 Å². The van der Waals surface area contributed by atoms with Crippen molar-refractivity contribution in [2.75, 3.05) is 20.8 Å². The van der Waals surface area contributed by atoms with E-state index in [4.69, 9.17) is 9.47 Å². The number of ether oxygens (including phenoxy) is 2. The first kappa shape index (κ1) is 21.8. The average molecular weight is 499 g/mol. The zero-order chi connectivity index (χ0) is 22.7. The second-order valence-electron chi connectivity index (χ2n) is 7.01. The number of amides is 1. The smallest absolute Gasteiger partial charge is 0.271 e. The van der Waals surface area contributed by atoms with Crippen molar-refractivity contribution < 1.29 is 14.3 Å². The molecule has 0 unspecified atom stereocenters. The van der Waals surface area contributed by atoms with Crippen LogP contribution in [0.4, 0.5) is 0 Å². The number of nitrogens with one attached hydrogen (secondary N) is 1. The van der Waals surface area contributed by atoms with Crippen LogP contribution in [0.5, 0.6) is 11.5 Å². The fraction of sp³-hybridized carbons (Fsp3) is 0.273. The summed E-state index contributed by atoms with van der Waals surface area (Å²) in [4.78, 5) is 17.0. The Morgan fingerprint density at radius 3 is 2.66 bits per heavy atom. The molecule has 0 saturated carbocycles. The molecule has 4 rings (SSSR count). The zero-order valence-electron chi connectivity index (χ0n) is 18.0. The first-order valence-corrected chi connectivity index (χ1v) is 10.9. The molecule has 0 aliphatic carbocycles. The molecule has 1 aromatic carbocycles. The van der Waals surface area contributed by atoms with Crippen LogP contribution in [0.15, 0.2) is 47.2 Å². The van der Waals surface area contributed by atoms with E-state index in [0.29, 0.717) is 35.8 Å². The highest BCUT2D eigenvalue weighted by molar-refractivity contribution is 9.10. The molecule has 0 spiro atoms. The molecule has 0 aliphatic rings. The SMILES string of the molecule is CCn1cc(Br)c(-c2ccnc3cc(C(=O)NCCc4ccc(OC)c(OC)c4)nn23)n1. The van der Waals surface area contributed by atoms with Crippen LogP contribution in [0.25, 0.3) is 17.0 Å². The molecule has 166 valence electrons. The number of aromatic nitrogens is 5. The molecule has 0 atom stereocenters. The lowest BCUT2D eigenvalue weighted by atomic mass is 10.1. The topological polar surface area (TPSA) is 95.6 Å². The Morgan fingerprint density at radius 2 is 1.94 bits per heavy atom. The number of hydrogen-bond donors (Lipinski definition) is 1. The van der Waals surface area contributed by atoms with Crippen LogP contribution in [0.1, 0.15) is 23.0 Å². The maximum absolute atomic E-state index is 12.7. The summed E-state index contributed by atoms with van der Waals surface area (Å²) >= 11 is 3.55. The molecule has 0 aliphatic heterocycles. The average Bonchev–Trinajstić information content (AvgIpc) is 3.42. The number of aryl methyl sites for hydroxylation is 1. The normalized spacial score (nSPS) is 11.0. The van der Waals surface area contributed by atoms with E-state index in [9.17, 15) is 4.79 Å². The number of benzene rings is 1. The van der Waals surface area contributed by atoms with Gasteiger partial charge in [-0.2, -0.15) is 10.2 Å². The van der Waals surface area contributed by atoms with Gasteiger partial charge in [-0.1, -0.05) is 6.07 Å². The van der Waals surface area contributed by atoms with Crippen molar-refractivity contribution in [3.63, 3.8) is 0 Å². The quantitative estimate of drug-likeness (QED) is 0.400. The number of carbonyl (C=O) groups excluding carboxylic acids is 1. The fourth-order valence-corrected chi connectivity index (χ4v) is 3.88. The van der Waals surface area contributed by atoms with Crippen molar-refractivity contribution in [3.05, 3.63) is 58.5 Å². The van der Waals surface area contributed by atoms with Crippen LogP contribution in [-0.4, -0.2) is 51.1 Å². The largest absolute Gasteiger partial charge is 0.493 e. The summed E-state index contributed by atoms with van der Waals surface area (Å²) in [6.45, 7) is 3.22. The minimum atomic E-state index is -0.264. The summed E-state index contributed by atoms with van der Waals surface area (Å²) < 4.78 is 14.9. The number of rotatable bonds is 8. The van der Waals surface area contributed by atoms with Gasteiger partial charge in [0.15, 0.2) is 22.8 Å². The van der Waals surface area contributed by atoms with Gasteiger partial charge in [0.25, 0.3) is 5.91 Å². The Hall–Kier alpha value is -3.40.